The average Bonchev–Trinajstić information content (AvgIpc) is 3.32. The summed E-state index contributed by atoms with van der Waals surface area (Å²) in [6, 6.07) is 20.2. The molecule has 1 heterocycles. The average molecular weight is 462 g/mol. The summed E-state index contributed by atoms with van der Waals surface area (Å²) in [5.41, 5.74) is 10.9. The number of allylic oxidation sites excluding steroid dienone is 2. The van der Waals surface area contributed by atoms with Crippen molar-refractivity contribution in [3.05, 3.63) is 95.6 Å². The van der Waals surface area contributed by atoms with Crippen molar-refractivity contribution < 1.29 is 0 Å². The molecule has 0 radical (unpaired) electrons. The van der Waals surface area contributed by atoms with E-state index in [4.69, 9.17) is 4.98 Å². The molecule has 0 amide bonds. The number of benzene rings is 3. The first-order chi connectivity index (χ1) is 16.9. The van der Waals surface area contributed by atoms with Crippen molar-refractivity contribution in [2.75, 3.05) is 0 Å². The SMILES string of the molecule is C=C(N/C(=C\C)c1ccc(-c2ccc3c4c(ccc3c2)-c2nc(C(C)C)[nH]c2CC4)cc1)C(C)C. The van der Waals surface area contributed by atoms with E-state index in [2.05, 4.69) is 112 Å². The van der Waals surface area contributed by atoms with Gasteiger partial charge in [0.1, 0.15) is 5.82 Å². The summed E-state index contributed by atoms with van der Waals surface area (Å²) in [7, 11) is 0. The summed E-state index contributed by atoms with van der Waals surface area (Å²) < 4.78 is 0. The molecule has 178 valence electrons. The molecule has 4 aromatic rings. The van der Waals surface area contributed by atoms with E-state index >= 15 is 0 Å². The van der Waals surface area contributed by atoms with Gasteiger partial charge in [0.25, 0.3) is 0 Å². The Labute approximate surface area is 209 Å². The lowest BCUT2D eigenvalue weighted by Gasteiger charge is -2.18. The molecular formula is C32H35N3. The molecule has 3 nitrogen and oxygen atoms in total. The molecule has 35 heavy (non-hydrogen) atoms. The molecule has 0 bridgehead atoms. The van der Waals surface area contributed by atoms with Gasteiger partial charge >= 0.3 is 0 Å². The maximum atomic E-state index is 4.95. The quantitative estimate of drug-likeness (QED) is 0.303. The van der Waals surface area contributed by atoms with Gasteiger partial charge in [-0.3, -0.25) is 0 Å². The van der Waals surface area contributed by atoms with Crippen LogP contribution in [0.3, 0.4) is 0 Å². The first-order valence-electron chi connectivity index (χ1n) is 12.7. The number of nitrogens with one attached hydrogen (secondary N) is 2. The summed E-state index contributed by atoms with van der Waals surface area (Å²) in [6.07, 6.45) is 4.18. The van der Waals surface area contributed by atoms with Gasteiger partial charge in [-0.1, -0.05) is 88.9 Å². The number of hydrogen-bond donors (Lipinski definition) is 2. The number of rotatable bonds is 6. The molecule has 0 atom stereocenters. The van der Waals surface area contributed by atoms with Gasteiger partial charge in [0.2, 0.25) is 0 Å². The number of fused-ring (bicyclic) bond motifs is 5. The zero-order valence-electron chi connectivity index (χ0n) is 21.5. The molecule has 0 aliphatic heterocycles. The Bertz CT molecular complexity index is 1430. The van der Waals surface area contributed by atoms with Gasteiger partial charge in [-0.25, -0.2) is 4.98 Å². The Morgan fingerprint density at radius 1 is 0.971 bits per heavy atom. The van der Waals surface area contributed by atoms with Crippen molar-refractivity contribution in [1.82, 2.24) is 15.3 Å². The standard InChI is InChI=1S/C32H35N3/c1-7-29(33-21(6)19(2)3)23-10-8-22(9-11-23)24-12-14-26-25(18-24)13-15-28-27(26)16-17-30-31(28)35-32(34-30)20(4)5/h7-15,18-20,33H,6,16-17H2,1-5H3,(H,34,35)/b29-7-. The maximum absolute atomic E-state index is 4.95. The van der Waals surface area contributed by atoms with Crippen LogP contribution < -0.4 is 5.32 Å². The van der Waals surface area contributed by atoms with E-state index in [1.165, 1.54) is 44.3 Å². The van der Waals surface area contributed by atoms with Gasteiger partial charge < -0.3 is 10.3 Å². The maximum Gasteiger partial charge on any atom is 0.109 e. The smallest absolute Gasteiger partial charge is 0.109 e. The fourth-order valence-electron chi connectivity index (χ4n) is 4.89. The van der Waals surface area contributed by atoms with Crippen LogP contribution in [0.5, 0.6) is 0 Å². The van der Waals surface area contributed by atoms with Crippen LogP contribution in [0.2, 0.25) is 0 Å². The second-order valence-electron chi connectivity index (χ2n) is 10.2. The molecule has 5 rings (SSSR count). The number of aromatic nitrogens is 2. The predicted octanol–water partition coefficient (Wildman–Crippen LogP) is 8.24. The van der Waals surface area contributed by atoms with Crippen LogP contribution >= 0.6 is 0 Å². The summed E-state index contributed by atoms with van der Waals surface area (Å²) in [5.74, 6) is 1.89. The second kappa shape index (κ2) is 9.22. The van der Waals surface area contributed by atoms with E-state index < -0.39 is 0 Å². The monoisotopic (exact) mass is 461 g/mol. The number of nitrogens with zero attached hydrogens (tertiary/aromatic N) is 1. The van der Waals surface area contributed by atoms with Crippen LogP contribution in [0, 0.1) is 5.92 Å². The lowest BCUT2D eigenvalue weighted by molar-refractivity contribution is 0.724. The van der Waals surface area contributed by atoms with Crippen LogP contribution in [0.1, 0.15) is 63.2 Å². The van der Waals surface area contributed by atoms with Gasteiger partial charge in [0.05, 0.1) is 5.69 Å². The minimum absolute atomic E-state index is 0.393. The third-order valence-corrected chi connectivity index (χ3v) is 7.17. The fraction of sp³-hybridized carbons (Fsp3) is 0.281. The summed E-state index contributed by atoms with van der Waals surface area (Å²) in [6.45, 7) is 14.9. The highest BCUT2D eigenvalue weighted by molar-refractivity contribution is 5.95. The van der Waals surface area contributed by atoms with E-state index in [-0.39, 0.29) is 0 Å². The Kier molecular flexibility index (Phi) is 6.10. The molecule has 3 heteroatoms. The number of hydrogen-bond acceptors (Lipinski definition) is 2. The molecule has 0 saturated heterocycles. The van der Waals surface area contributed by atoms with Crippen LogP contribution in [0.25, 0.3) is 38.9 Å². The fourth-order valence-corrected chi connectivity index (χ4v) is 4.89. The molecule has 0 unspecified atom stereocenters. The van der Waals surface area contributed by atoms with Crippen molar-refractivity contribution in [3.63, 3.8) is 0 Å². The normalized spacial score (nSPS) is 13.3. The Hall–Kier alpha value is -3.59. The van der Waals surface area contributed by atoms with E-state index in [0.29, 0.717) is 11.8 Å². The first kappa shape index (κ1) is 23.2. The number of aromatic amines is 1. The summed E-state index contributed by atoms with van der Waals surface area (Å²) >= 11 is 0. The predicted molar refractivity (Wildman–Crippen MR) is 149 cm³/mol. The minimum Gasteiger partial charge on any atom is -0.359 e. The number of aryl methyl sites for hydroxylation is 2. The van der Waals surface area contributed by atoms with Crippen LogP contribution in [-0.2, 0) is 12.8 Å². The van der Waals surface area contributed by atoms with Crippen molar-refractivity contribution in [2.45, 2.75) is 53.4 Å². The zero-order valence-corrected chi connectivity index (χ0v) is 21.5. The zero-order chi connectivity index (χ0) is 24.7. The lowest BCUT2D eigenvalue weighted by Crippen LogP contribution is -2.14. The molecule has 2 N–H and O–H groups in total. The van der Waals surface area contributed by atoms with Crippen LogP contribution in [0.15, 0.2) is 72.9 Å². The molecule has 0 spiro atoms. The van der Waals surface area contributed by atoms with Crippen molar-refractivity contribution in [3.8, 4) is 22.4 Å². The van der Waals surface area contributed by atoms with E-state index in [1.54, 1.807) is 0 Å². The molecule has 1 aromatic heterocycles. The molecule has 3 aromatic carbocycles. The Balaban J connectivity index is 1.45. The van der Waals surface area contributed by atoms with Gasteiger partial charge in [0.15, 0.2) is 0 Å². The van der Waals surface area contributed by atoms with Gasteiger partial charge in [-0.05, 0) is 64.8 Å². The third-order valence-electron chi connectivity index (χ3n) is 7.17. The molecule has 1 aliphatic carbocycles. The van der Waals surface area contributed by atoms with Crippen molar-refractivity contribution in [2.24, 2.45) is 5.92 Å². The molecule has 0 fully saturated rings. The van der Waals surface area contributed by atoms with Crippen LogP contribution in [0.4, 0.5) is 0 Å². The van der Waals surface area contributed by atoms with E-state index in [9.17, 15) is 0 Å². The van der Waals surface area contributed by atoms with Crippen molar-refractivity contribution in [1.29, 1.82) is 0 Å². The molecule has 0 saturated carbocycles. The minimum atomic E-state index is 0.393. The Morgan fingerprint density at radius 3 is 2.40 bits per heavy atom. The summed E-state index contributed by atoms with van der Waals surface area (Å²) in [5, 5.41) is 6.10. The number of H-pyrrole nitrogens is 1. The van der Waals surface area contributed by atoms with Gasteiger partial charge in [0, 0.05) is 28.6 Å². The number of imidazole rings is 1. The highest BCUT2D eigenvalue weighted by Crippen LogP contribution is 2.38. The largest absolute Gasteiger partial charge is 0.359 e. The third kappa shape index (κ3) is 4.32. The highest BCUT2D eigenvalue weighted by atomic mass is 14.9. The Morgan fingerprint density at radius 2 is 1.71 bits per heavy atom. The molecular weight excluding hydrogens is 426 g/mol. The van der Waals surface area contributed by atoms with E-state index in [0.717, 1.165) is 35.8 Å². The lowest BCUT2D eigenvalue weighted by atomic mass is 9.87. The van der Waals surface area contributed by atoms with Crippen LogP contribution in [-0.4, -0.2) is 9.97 Å². The van der Waals surface area contributed by atoms with Crippen molar-refractivity contribution >= 4 is 16.5 Å². The van der Waals surface area contributed by atoms with Gasteiger partial charge in [-0.15, -0.1) is 0 Å². The van der Waals surface area contributed by atoms with E-state index in [1.807, 2.05) is 0 Å². The highest BCUT2D eigenvalue weighted by Gasteiger charge is 2.22. The first-order valence-corrected chi connectivity index (χ1v) is 12.7. The topological polar surface area (TPSA) is 40.7 Å². The van der Waals surface area contributed by atoms with Gasteiger partial charge in [-0.2, -0.15) is 0 Å². The molecule has 1 aliphatic rings. The summed E-state index contributed by atoms with van der Waals surface area (Å²) in [4.78, 5) is 8.51. The second-order valence-corrected chi connectivity index (χ2v) is 10.2.